The first-order valence-electron chi connectivity index (χ1n) is 23.5. The quantitative estimate of drug-likeness (QED) is 0.0717. The highest BCUT2D eigenvalue weighted by molar-refractivity contribution is 9.11. The van der Waals surface area contributed by atoms with Crippen LogP contribution in [0.2, 0.25) is 0 Å². The van der Waals surface area contributed by atoms with E-state index in [0.717, 1.165) is 53.9 Å². The first kappa shape index (κ1) is 61.2. The van der Waals surface area contributed by atoms with E-state index < -0.39 is 14.2 Å². The molecule has 0 aliphatic carbocycles. The number of aromatic nitrogens is 3. The molecule has 6 aromatic carbocycles. The summed E-state index contributed by atoms with van der Waals surface area (Å²) in [7, 11) is 0.278. The summed E-state index contributed by atoms with van der Waals surface area (Å²) in [5, 5.41) is 48.0. The Kier molecular flexibility index (Phi) is 24.6. The van der Waals surface area contributed by atoms with Crippen molar-refractivity contribution in [1.82, 2.24) is 25.0 Å². The van der Waals surface area contributed by atoms with Crippen LogP contribution in [0.3, 0.4) is 0 Å². The Morgan fingerprint density at radius 1 is 0.753 bits per heavy atom. The van der Waals surface area contributed by atoms with Crippen LogP contribution in [0.4, 0.5) is 18.9 Å². The molecule has 8 aromatic rings. The van der Waals surface area contributed by atoms with Crippen LogP contribution in [0, 0.1) is 23.4 Å². The Labute approximate surface area is 466 Å². The first-order valence-corrected chi connectivity index (χ1v) is 26.0. The molecule has 2 aromatic heterocycles. The smallest absolute Gasteiger partial charge is 0.488 e. The molecule has 1 fully saturated rings. The zero-order valence-corrected chi connectivity index (χ0v) is 45.2. The second-order valence-corrected chi connectivity index (χ2v) is 20.0. The van der Waals surface area contributed by atoms with E-state index in [1.807, 2.05) is 58.8 Å². The van der Waals surface area contributed by atoms with Crippen molar-refractivity contribution >= 4 is 102 Å². The SMILES string of the molecule is Brc1nccs1.C.COc1ccc(-c2n[nH]c3ccc(NC(=O)[C@@H]4CCN(CC(=O)N5CC=C(c6ccc(F)cc6)CC5)C4)cc23)cc1.COc1ccc(B(O)O)cc1.Fc1ccc(Br)cc1.OB(O)c1ccc(F)cc1. The van der Waals surface area contributed by atoms with Gasteiger partial charge in [-0.1, -0.05) is 65.8 Å². The normalized spacial score (nSPS) is 13.5. The number of aromatic amines is 1. The minimum Gasteiger partial charge on any atom is -0.497 e. The van der Waals surface area contributed by atoms with Crippen LogP contribution < -0.4 is 25.7 Å². The number of fused-ring (bicyclic) bond motifs is 1. The predicted octanol–water partition coefficient (Wildman–Crippen LogP) is 8.96. The number of anilines is 1. The number of methoxy groups -OCH3 is 2. The number of hydrogen-bond acceptors (Lipinski definition) is 12. The number of H-pyrrole nitrogens is 1. The molecule has 402 valence electrons. The molecule has 2 aliphatic rings. The lowest BCUT2D eigenvalue weighted by Gasteiger charge is -2.28. The number of amides is 2. The van der Waals surface area contributed by atoms with E-state index in [9.17, 15) is 22.8 Å². The second-order valence-electron chi connectivity index (χ2n) is 16.9. The van der Waals surface area contributed by atoms with Gasteiger partial charge in [0.25, 0.3) is 0 Å². The molecule has 0 bridgehead atoms. The van der Waals surface area contributed by atoms with E-state index >= 15 is 0 Å². The summed E-state index contributed by atoms with van der Waals surface area (Å²) >= 11 is 7.95. The van der Waals surface area contributed by atoms with Gasteiger partial charge in [0.2, 0.25) is 11.8 Å². The Morgan fingerprint density at radius 3 is 1.79 bits per heavy atom. The third-order valence-electron chi connectivity index (χ3n) is 11.8. The molecule has 0 unspecified atom stereocenters. The lowest BCUT2D eigenvalue weighted by atomic mass is 9.80. The van der Waals surface area contributed by atoms with Crippen LogP contribution in [-0.2, 0) is 9.59 Å². The van der Waals surface area contributed by atoms with Gasteiger partial charge in [0.1, 0.15) is 29.0 Å². The zero-order valence-electron chi connectivity index (χ0n) is 41.2. The van der Waals surface area contributed by atoms with Gasteiger partial charge < -0.3 is 39.8 Å². The van der Waals surface area contributed by atoms with E-state index in [1.54, 1.807) is 80.3 Å². The lowest BCUT2D eigenvalue weighted by molar-refractivity contribution is -0.132. The van der Waals surface area contributed by atoms with Crippen LogP contribution in [-0.4, -0.2) is 118 Å². The number of nitrogens with zero attached hydrogens (tertiary/aromatic N) is 4. The van der Waals surface area contributed by atoms with Crippen LogP contribution >= 0.6 is 43.2 Å². The maximum absolute atomic E-state index is 13.2. The lowest BCUT2D eigenvalue weighted by Crippen LogP contribution is -2.41. The Balaban J connectivity index is 0.000000242. The van der Waals surface area contributed by atoms with Gasteiger partial charge in [-0.2, -0.15) is 5.10 Å². The van der Waals surface area contributed by atoms with Crippen molar-refractivity contribution in [3.63, 3.8) is 0 Å². The van der Waals surface area contributed by atoms with E-state index in [4.69, 9.17) is 29.6 Å². The molecule has 6 N–H and O–H groups in total. The summed E-state index contributed by atoms with van der Waals surface area (Å²) in [5.74, 6) is 0.480. The highest BCUT2D eigenvalue weighted by atomic mass is 79.9. The number of carbonyl (C=O) groups is 2. The molecule has 2 amide bonds. The predicted molar refractivity (Wildman–Crippen MR) is 307 cm³/mol. The largest absolute Gasteiger partial charge is 0.497 e. The van der Waals surface area contributed by atoms with Crippen LogP contribution in [0.25, 0.3) is 27.7 Å². The van der Waals surface area contributed by atoms with Gasteiger partial charge in [0.15, 0.2) is 3.92 Å². The zero-order chi connectivity index (χ0) is 54.6. The fourth-order valence-corrected chi connectivity index (χ4v) is 8.72. The summed E-state index contributed by atoms with van der Waals surface area (Å²) in [4.78, 5) is 33.9. The number of halogens is 5. The Hall–Kier alpha value is -6.62. The molecular weight excluding hydrogens is 1140 g/mol. The van der Waals surface area contributed by atoms with Crippen LogP contribution in [0.1, 0.15) is 25.8 Å². The van der Waals surface area contributed by atoms with Gasteiger partial charge in [0.05, 0.1) is 37.9 Å². The number of rotatable bonds is 10. The fraction of sp³-hybridized carbons (Fsp3) is 0.200. The number of benzene rings is 6. The summed E-state index contributed by atoms with van der Waals surface area (Å²) in [6.45, 7) is 2.73. The summed E-state index contributed by atoms with van der Waals surface area (Å²) in [5.41, 5.74) is 6.25. The topological polar surface area (TPSA) is 194 Å². The van der Waals surface area contributed by atoms with E-state index in [-0.39, 0.29) is 42.6 Å². The average molecular weight is 1200 g/mol. The number of ether oxygens (including phenoxy) is 2. The molecule has 22 heteroatoms. The fourth-order valence-electron chi connectivity index (χ4n) is 7.65. The third-order valence-corrected chi connectivity index (χ3v) is 13.6. The van der Waals surface area contributed by atoms with Crippen molar-refractivity contribution in [3.05, 3.63) is 189 Å². The van der Waals surface area contributed by atoms with Crippen molar-refractivity contribution in [2.75, 3.05) is 52.3 Å². The van der Waals surface area contributed by atoms with E-state index in [0.29, 0.717) is 61.5 Å². The van der Waals surface area contributed by atoms with Crippen molar-refractivity contribution in [2.24, 2.45) is 5.92 Å². The Bertz CT molecular complexity index is 3070. The first-order chi connectivity index (χ1) is 36.6. The Morgan fingerprint density at radius 2 is 1.30 bits per heavy atom. The maximum Gasteiger partial charge on any atom is 0.488 e. The standard InChI is InChI=1S/C32H32FN5O3.C7H9BO3.C6H6BFO2.C6H4BrF.C3H2BrNS.CH4/c1-41-27-9-4-23(5-10-27)31-28-18-26(8-11-29(28)35-36-31)34-32(40)24-12-15-37(19-24)20-30(39)38-16-13-22(14-17-38)21-2-6-25(33)7-3-21;1-11-7-4-2-6(3-5-7)8(9)10;8-6-3-1-5(2-4-6)7(9)10;7-5-1-3-6(8)4-2-5;4-3-5-1-2-6-3;/h2-11,13,18,24H,12,14-17,19-20H2,1H3,(H,34,40)(H,35,36);2-5,9-10H,1H3;1-4,9-10H;1-4H;1-2H;1H4/t24-;;;;;/m1...../s1. The average Bonchev–Trinajstić information content (AvgIpc) is 4.23. The molecule has 77 heavy (non-hydrogen) atoms. The molecular formula is C55H57B2Br2F3N6O8S. The van der Waals surface area contributed by atoms with Crippen molar-refractivity contribution < 1.29 is 52.3 Å². The van der Waals surface area contributed by atoms with Crippen molar-refractivity contribution in [3.8, 4) is 22.8 Å². The van der Waals surface area contributed by atoms with Crippen LogP contribution in [0.5, 0.6) is 11.5 Å². The number of thiazole rings is 1. The number of carbonyl (C=O) groups excluding carboxylic acids is 2. The second kappa shape index (κ2) is 31.0. The molecule has 2 aliphatic heterocycles. The van der Waals surface area contributed by atoms with Gasteiger partial charge in [-0.25, -0.2) is 18.2 Å². The highest BCUT2D eigenvalue weighted by Gasteiger charge is 2.31. The highest BCUT2D eigenvalue weighted by Crippen LogP contribution is 2.30. The monoisotopic (exact) mass is 1200 g/mol. The minimum atomic E-state index is -1.51. The molecule has 4 heterocycles. The molecule has 1 atom stereocenters. The van der Waals surface area contributed by atoms with Crippen molar-refractivity contribution in [2.45, 2.75) is 20.3 Å². The van der Waals surface area contributed by atoms with Gasteiger partial charge in [0, 0.05) is 52.3 Å². The summed E-state index contributed by atoms with van der Waals surface area (Å²) < 4.78 is 49.5. The van der Waals surface area contributed by atoms with E-state index in [1.165, 1.54) is 48.5 Å². The van der Waals surface area contributed by atoms with Crippen LogP contribution in [0.15, 0.2) is 166 Å². The molecule has 0 saturated carbocycles. The number of nitrogens with one attached hydrogen (secondary N) is 2. The molecule has 0 spiro atoms. The number of hydrogen-bond donors (Lipinski definition) is 6. The molecule has 14 nitrogen and oxygen atoms in total. The maximum atomic E-state index is 13.2. The summed E-state index contributed by atoms with van der Waals surface area (Å²) in [6.07, 6.45) is 5.25. The molecule has 10 rings (SSSR count). The molecule has 1 saturated heterocycles. The van der Waals surface area contributed by atoms with Gasteiger partial charge >= 0.3 is 14.2 Å². The third kappa shape index (κ3) is 19.4. The molecule has 0 radical (unpaired) electrons. The minimum absolute atomic E-state index is 0. The summed E-state index contributed by atoms with van der Waals surface area (Å²) in [6, 6.07) is 37.6. The van der Waals surface area contributed by atoms with Gasteiger partial charge in [-0.15, -0.1) is 11.3 Å². The van der Waals surface area contributed by atoms with Gasteiger partial charge in [-0.3, -0.25) is 19.6 Å². The van der Waals surface area contributed by atoms with E-state index in [2.05, 4.69) is 57.3 Å². The number of likely N-dealkylation sites (tertiary alicyclic amines) is 1. The van der Waals surface area contributed by atoms with Gasteiger partial charge in [-0.05, 0) is 161 Å². The van der Waals surface area contributed by atoms with Crippen molar-refractivity contribution in [1.29, 1.82) is 0 Å².